The van der Waals surface area contributed by atoms with Crippen LogP contribution in [-0.2, 0) is 0 Å². The molecule has 2 saturated heterocycles. The first-order chi connectivity index (χ1) is 17.1. The summed E-state index contributed by atoms with van der Waals surface area (Å²) in [6, 6.07) is 10.9. The summed E-state index contributed by atoms with van der Waals surface area (Å²) in [4.78, 5) is 13.9. The van der Waals surface area contributed by atoms with Crippen LogP contribution in [0, 0.1) is 6.92 Å². The highest BCUT2D eigenvalue weighted by molar-refractivity contribution is 6.00. The fourth-order valence-corrected chi connectivity index (χ4v) is 5.32. The molecular formula is C26H30FN7O. The third-order valence-electron chi connectivity index (χ3n) is 7.24. The van der Waals surface area contributed by atoms with Gasteiger partial charge in [-0.25, -0.2) is 4.39 Å². The van der Waals surface area contributed by atoms with Gasteiger partial charge in [0.05, 0.1) is 17.2 Å². The van der Waals surface area contributed by atoms with Crippen molar-refractivity contribution in [3.8, 4) is 17.1 Å². The predicted octanol–water partition coefficient (Wildman–Crippen LogP) is 3.31. The molecule has 2 aromatic carbocycles. The van der Waals surface area contributed by atoms with E-state index in [1.54, 1.807) is 0 Å². The van der Waals surface area contributed by atoms with Crippen molar-refractivity contribution in [3.05, 3.63) is 42.1 Å². The molecule has 0 unspecified atom stereocenters. The second-order valence-corrected chi connectivity index (χ2v) is 9.62. The molecule has 9 heteroatoms. The Morgan fingerprint density at radius 1 is 1.11 bits per heavy atom. The van der Waals surface area contributed by atoms with Gasteiger partial charge < -0.3 is 15.0 Å². The second-order valence-electron chi connectivity index (χ2n) is 9.62. The van der Waals surface area contributed by atoms with E-state index in [9.17, 15) is 4.39 Å². The van der Waals surface area contributed by atoms with Crippen LogP contribution in [0.5, 0.6) is 6.01 Å². The molecule has 2 atom stereocenters. The Morgan fingerprint density at radius 3 is 2.77 bits per heavy atom. The van der Waals surface area contributed by atoms with Crippen molar-refractivity contribution in [1.82, 2.24) is 30.4 Å². The number of benzene rings is 2. The van der Waals surface area contributed by atoms with Crippen LogP contribution in [-0.4, -0.2) is 83.7 Å². The lowest BCUT2D eigenvalue weighted by molar-refractivity contribution is 0.188. The van der Waals surface area contributed by atoms with Gasteiger partial charge in [-0.15, -0.1) is 0 Å². The molecule has 2 N–H and O–H groups in total. The third kappa shape index (κ3) is 4.19. The van der Waals surface area contributed by atoms with E-state index < -0.39 is 6.17 Å². The van der Waals surface area contributed by atoms with Crippen LogP contribution in [0.15, 0.2) is 36.5 Å². The highest BCUT2D eigenvalue weighted by atomic mass is 19.1. The van der Waals surface area contributed by atoms with Crippen LogP contribution in [0.25, 0.3) is 32.9 Å². The summed E-state index contributed by atoms with van der Waals surface area (Å²) >= 11 is 0. The largest absolute Gasteiger partial charge is 0.462 e. The molecule has 0 radical (unpaired) electrons. The number of aryl methyl sites for hydroxylation is 1. The first-order valence-corrected chi connectivity index (χ1v) is 12.2. The zero-order chi connectivity index (χ0) is 23.9. The molecule has 35 heavy (non-hydrogen) atoms. The van der Waals surface area contributed by atoms with Crippen molar-refractivity contribution < 1.29 is 9.13 Å². The first kappa shape index (κ1) is 22.2. The molecule has 0 aliphatic carbocycles. The van der Waals surface area contributed by atoms with E-state index >= 15 is 0 Å². The SMILES string of the molecule is Cc1ccc2[nH]ncc2c1-c1ccc2c(N3CCNCC3)nc(OC[C@@H]3C[C@H](F)CN3C)nc2c1. The van der Waals surface area contributed by atoms with Gasteiger partial charge in [0.15, 0.2) is 0 Å². The fourth-order valence-electron chi connectivity index (χ4n) is 5.32. The third-order valence-corrected chi connectivity index (χ3v) is 7.24. The lowest BCUT2D eigenvalue weighted by Gasteiger charge is -2.29. The molecule has 2 aliphatic rings. The van der Waals surface area contributed by atoms with Crippen LogP contribution in [0.4, 0.5) is 10.2 Å². The van der Waals surface area contributed by atoms with Gasteiger partial charge in [-0.2, -0.15) is 15.1 Å². The van der Waals surface area contributed by atoms with E-state index in [1.165, 1.54) is 5.56 Å². The molecule has 2 fully saturated rings. The Hall–Kier alpha value is -3.30. The van der Waals surface area contributed by atoms with Crippen LogP contribution in [0.3, 0.4) is 0 Å². The minimum atomic E-state index is -0.807. The van der Waals surface area contributed by atoms with Crippen molar-refractivity contribution in [3.63, 3.8) is 0 Å². The van der Waals surface area contributed by atoms with Gasteiger partial charge >= 0.3 is 6.01 Å². The van der Waals surface area contributed by atoms with Crippen LogP contribution in [0.1, 0.15) is 12.0 Å². The number of H-pyrrole nitrogens is 1. The molecule has 6 rings (SSSR count). The number of halogens is 1. The number of hydrogen-bond acceptors (Lipinski definition) is 7. The van der Waals surface area contributed by atoms with Gasteiger partial charge in [0.2, 0.25) is 0 Å². The lowest BCUT2D eigenvalue weighted by atomic mass is 9.96. The number of piperazine rings is 1. The maximum absolute atomic E-state index is 13.8. The highest BCUT2D eigenvalue weighted by Gasteiger charge is 2.30. The number of aromatic nitrogens is 4. The summed E-state index contributed by atoms with van der Waals surface area (Å²) in [5.74, 6) is 0.888. The number of likely N-dealkylation sites (tertiary alicyclic amines) is 1. The van der Waals surface area contributed by atoms with Crippen LogP contribution >= 0.6 is 0 Å². The summed E-state index contributed by atoms with van der Waals surface area (Å²) in [5.41, 5.74) is 5.24. The number of rotatable bonds is 5. The average Bonchev–Trinajstić information content (AvgIpc) is 3.47. The first-order valence-electron chi connectivity index (χ1n) is 12.2. The number of aromatic amines is 1. The number of hydrogen-bond donors (Lipinski definition) is 2. The summed E-state index contributed by atoms with van der Waals surface area (Å²) in [7, 11) is 1.94. The predicted molar refractivity (Wildman–Crippen MR) is 136 cm³/mol. The Kier molecular flexibility index (Phi) is 5.74. The maximum Gasteiger partial charge on any atom is 0.319 e. The molecule has 2 aliphatic heterocycles. The molecular weight excluding hydrogens is 445 g/mol. The molecule has 0 bridgehead atoms. The van der Waals surface area contributed by atoms with E-state index in [-0.39, 0.29) is 6.04 Å². The molecule has 0 spiro atoms. The van der Waals surface area contributed by atoms with Gasteiger partial charge in [0.25, 0.3) is 0 Å². The summed E-state index contributed by atoms with van der Waals surface area (Å²) in [6.45, 7) is 6.49. The quantitative estimate of drug-likeness (QED) is 0.458. The van der Waals surface area contributed by atoms with Crippen LogP contribution < -0.4 is 15.0 Å². The van der Waals surface area contributed by atoms with Crippen molar-refractivity contribution in [2.75, 3.05) is 51.3 Å². The molecule has 0 saturated carbocycles. The minimum Gasteiger partial charge on any atom is -0.462 e. The van der Waals surface area contributed by atoms with E-state index in [4.69, 9.17) is 14.7 Å². The number of fused-ring (bicyclic) bond motifs is 2. The Balaban J connectivity index is 1.42. The van der Waals surface area contributed by atoms with E-state index in [1.807, 2.05) is 18.1 Å². The number of ether oxygens (including phenoxy) is 1. The van der Waals surface area contributed by atoms with Crippen molar-refractivity contribution in [1.29, 1.82) is 0 Å². The Bertz CT molecular complexity index is 1370. The number of nitrogens with one attached hydrogen (secondary N) is 2. The molecule has 182 valence electrons. The van der Waals surface area contributed by atoms with Gasteiger partial charge in [0, 0.05) is 49.5 Å². The van der Waals surface area contributed by atoms with Gasteiger partial charge in [-0.1, -0.05) is 12.1 Å². The van der Waals surface area contributed by atoms with Crippen molar-refractivity contribution >= 4 is 27.6 Å². The average molecular weight is 476 g/mol. The highest BCUT2D eigenvalue weighted by Crippen LogP contribution is 2.35. The van der Waals surface area contributed by atoms with Gasteiger partial charge in [-0.3, -0.25) is 10.00 Å². The van der Waals surface area contributed by atoms with E-state index in [2.05, 4.69) is 57.7 Å². The van der Waals surface area contributed by atoms with E-state index in [0.717, 1.165) is 64.9 Å². The van der Waals surface area contributed by atoms with Gasteiger partial charge in [0.1, 0.15) is 18.6 Å². The Labute approximate surface area is 203 Å². The molecule has 4 heterocycles. The standard InChI is InChI=1S/C26H30FN7O/c1-16-3-6-22-21(13-29-32-22)24(16)17-4-5-20-23(11-17)30-26(31-25(20)34-9-7-28-8-10-34)35-15-19-12-18(27)14-33(19)2/h3-6,11,13,18-19,28H,7-10,12,14-15H2,1-2H3,(H,29,32)/t18-,19-/m0/s1. The molecule has 4 aromatic rings. The minimum absolute atomic E-state index is 0.0274. The number of alkyl halides is 1. The van der Waals surface area contributed by atoms with Crippen molar-refractivity contribution in [2.24, 2.45) is 0 Å². The number of nitrogens with zero attached hydrogens (tertiary/aromatic N) is 5. The molecule has 0 amide bonds. The molecule has 2 aromatic heterocycles. The summed E-state index contributed by atoms with van der Waals surface area (Å²) in [6.07, 6.45) is 1.55. The fraction of sp³-hybridized carbons (Fsp3) is 0.423. The summed E-state index contributed by atoms with van der Waals surface area (Å²) in [5, 5.41) is 12.8. The number of likely N-dealkylation sites (N-methyl/N-ethyl adjacent to an activating group) is 1. The lowest BCUT2D eigenvalue weighted by Crippen LogP contribution is -2.44. The van der Waals surface area contributed by atoms with Crippen LogP contribution in [0.2, 0.25) is 0 Å². The van der Waals surface area contributed by atoms with Gasteiger partial charge in [-0.05, 0) is 55.3 Å². The molecule has 8 nitrogen and oxygen atoms in total. The second kappa shape index (κ2) is 9.05. The monoisotopic (exact) mass is 475 g/mol. The maximum atomic E-state index is 13.8. The Morgan fingerprint density at radius 2 is 1.97 bits per heavy atom. The zero-order valence-corrected chi connectivity index (χ0v) is 20.1. The topological polar surface area (TPSA) is 82.2 Å². The van der Waals surface area contributed by atoms with E-state index in [0.29, 0.717) is 25.6 Å². The zero-order valence-electron chi connectivity index (χ0n) is 20.1. The summed E-state index contributed by atoms with van der Waals surface area (Å²) < 4.78 is 19.9. The smallest absolute Gasteiger partial charge is 0.319 e. The van der Waals surface area contributed by atoms with Crippen molar-refractivity contribution in [2.45, 2.75) is 25.6 Å². The normalized spacial score (nSPS) is 21.3. The number of anilines is 1.